The Hall–Kier alpha value is -1.40. The van der Waals surface area contributed by atoms with E-state index < -0.39 is 12.2 Å². The molecule has 1 rings (SSSR count). The highest BCUT2D eigenvalue weighted by Crippen LogP contribution is 2.01. The lowest BCUT2D eigenvalue weighted by atomic mass is 10.1. The van der Waals surface area contributed by atoms with Gasteiger partial charge in [0, 0.05) is 13.6 Å². The molecule has 0 radical (unpaired) electrons. The molecule has 3 N–H and O–H groups in total. The van der Waals surface area contributed by atoms with Gasteiger partial charge in [-0.05, 0) is 6.92 Å². The molecule has 1 heterocycles. The molecule has 15 heavy (non-hydrogen) atoms. The van der Waals surface area contributed by atoms with Gasteiger partial charge in [0.15, 0.2) is 0 Å². The number of aryl methyl sites for hydroxylation is 1. The molecule has 6 nitrogen and oxygen atoms in total. The van der Waals surface area contributed by atoms with Crippen LogP contribution >= 0.6 is 0 Å². The molecule has 0 spiro atoms. The average Bonchev–Trinajstić information content (AvgIpc) is 2.61. The smallest absolute Gasteiger partial charge is 0.269 e. The summed E-state index contributed by atoms with van der Waals surface area (Å²) in [7, 11) is 1.70. The number of rotatable bonds is 4. The van der Waals surface area contributed by atoms with Crippen molar-refractivity contribution >= 4 is 5.91 Å². The number of imidazole rings is 1. The lowest BCUT2D eigenvalue weighted by Crippen LogP contribution is -2.43. The molecule has 0 saturated carbocycles. The van der Waals surface area contributed by atoms with E-state index in [0.29, 0.717) is 5.69 Å². The molecule has 0 fully saturated rings. The van der Waals surface area contributed by atoms with Gasteiger partial charge in [0.2, 0.25) is 0 Å². The number of carbonyl (C=O) groups is 1. The van der Waals surface area contributed by atoms with Crippen LogP contribution in [-0.2, 0) is 7.05 Å². The van der Waals surface area contributed by atoms with E-state index in [1.165, 1.54) is 19.4 Å². The van der Waals surface area contributed by atoms with Gasteiger partial charge >= 0.3 is 0 Å². The first-order valence-corrected chi connectivity index (χ1v) is 4.54. The fourth-order valence-electron chi connectivity index (χ4n) is 0.993. The van der Waals surface area contributed by atoms with Gasteiger partial charge in [-0.15, -0.1) is 0 Å². The quantitative estimate of drug-likeness (QED) is 0.592. The number of aromatic nitrogens is 2. The van der Waals surface area contributed by atoms with E-state index in [9.17, 15) is 9.90 Å². The molecule has 0 aliphatic heterocycles. The third-order valence-corrected chi connectivity index (χ3v) is 2.02. The minimum absolute atomic E-state index is 0.00644. The van der Waals surface area contributed by atoms with Crippen LogP contribution in [0.1, 0.15) is 17.4 Å². The van der Waals surface area contributed by atoms with Crippen molar-refractivity contribution in [1.82, 2.24) is 14.9 Å². The Labute approximate surface area is 87.6 Å². The summed E-state index contributed by atoms with van der Waals surface area (Å²) in [5.74, 6) is -0.330. The predicted molar refractivity (Wildman–Crippen MR) is 53.3 cm³/mol. The molecular formula is C9H15N3O3. The molecule has 1 aromatic rings. The maximum atomic E-state index is 11.5. The summed E-state index contributed by atoms with van der Waals surface area (Å²) in [4.78, 5) is 15.3. The molecule has 0 aromatic carbocycles. The minimum atomic E-state index is -1.30. The Morgan fingerprint density at radius 1 is 1.73 bits per heavy atom. The third kappa shape index (κ3) is 3.03. The van der Waals surface area contributed by atoms with Crippen molar-refractivity contribution in [3.05, 3.63) is 18.2 Å². The zero-order valence-corrected chi connectivity index (χ0v) is 8.77. The van der Waals surface area contributed by atoms with Gasteiger partial charge in [0.25, 0.3) is 5.91 Å². The zero-order valence-electron chi connectivity index (χ0n) is 8.77. The molecule has 1 unspecified atom stereocenters. The number of amides is 1. The average molecular weight is 213 g/mol. The number of hydrogen-bond donors (Lipinski definition) is 3. The van der Waals surface area contributed by atoms with Gasteiger partial charge in [-0.2, -0.15) is 0 Å². The fourth-order valence-corrected chi connectivity index (χ4v) is 0.993. The zero-order chi connectivity index (χ0) is 11.5. The van der Waals surface area contributed by atoms with Gasteiger partial charge < -0.3 is 20.1 Å². The molecule has 0 aliphatic rings. The second-order valence-corrected chi connectivity index (χ2v) is 3.73. The van der Waals surface area contributed by atoms with Gasteiger partial charge in [0.1, 0.15) is 11.3 Å². The van der Waals surface area contributed by atoms with Crippen LogP contribution in [0.15, 0.2) is 12.5 Å². The van der Waals surface area contributed by atoms with Crippen LogP contribution < -0.4 is 5.32 Å². The largest absolute Gasteiger partial charge is 0.393 e. The molecule has 1 amide bonds. The van der Waals surface area contributed by atoms with Crippen LogP contribution in [0.3, 0.4) is 0 Å². The van der Waals surface area contributed by atoms with Crippen LogP contribution in [0.25, 0.3) is 0 Å². The number of nitrogens with zero attached hydrogens (tertiary/aromatic N) is 2. The molecular weight excluding hydrogens is 198 g/mol. The Kier molecular flexibility index (Phi) is 3.43. The number of carbonyl (C=O) groups excluding carboxylic acids is 1. The SMILES string of the molecule is Cn1cncc1C(=O)NCC(C)(O)CO. The van der Waals surface area contributed by atoms with E-state index >= 15 is 0 Å². The first kappa shape index (κ1) is 11.7. The standard InChI is InChI=1S/C9H15N3O3/c1-9(15,5-13)4-11-8(14)7-3-10-6-12(7)2/h3,6,13,15H,4-5H2,1-2H3,(H,11,14). The summed E-state index contributed by atoms with van der Waals surface area (Å²) >= 11 is 0. The van der Waals surface area contributed by atoms with Crippen molar-refractivity contribution < 1.29 is 15.0 Å². The van der Waals surface area contributed by atoms with Crippen LogP contribution in [0.2, 0.25) is 0 Å². The molecule has 1 atom stereocenters. The summed E-state index contributed by atoms with van der Waals surface area (Å²) in [5.41, 5.74) is -0.891. The fraction of sp³-hybridized carbons (Fsp3) is 0.556. The first-order chi connectivity index (χ1) is 6.96. The third-order valence-electron chi connectivity index (χ3n) is 2.02. The van der Waals surface area contributed by atoms with Crippen molar-refractivity contribution in [1.29, 1.82) is 0 Å². The topological polar surface area (TPSA) is 87.4 Å². The van der Waals surface area contributed by atoms with E-state index in [0.717, 1.165) is 0 Å². The lowest BCUT2D eigenvalue weighted by molar-refractivity contribution is 0.00313. The number of nitrogens with one attached hydrogen (secondary N) is 1. The highest BCUT2D eigenvalue weighted by atomic mass is 16.3. The van der Waals surface area contributed by atoms with Crippen LogP contribution in [-0.4, -0.2) is 44.4 Å². The minimum Gasteiger partial charge on any atom is -0.393 e. The molecule has 84 valence electrons. The van der Waals surface area contributed by atoms with Crippen LogP contribution in [0.5, 0.6) is 0 Å². The van der Waals surface area contributed by atoms with Crippen molar-refractivity contribution in [2.75, 3.05) is 13.2 Å². The maximum Gasteiger partial charge on any atom is 0.269 e. The van der Waals surface area contributed by atoms with E-state index in [1.54, 1.807) is 11.6 Å². The summed E-state index contributed by atoms with van der Waals surface area (Å²) in [6.45, 7) is 1.03. The Morgan fingerprint density at radius 2 is 2.40 bits per heavy atom. The number of hydrogen-bond acceptors (Lipinski definition) is 4. The van der Waals surface area contributed by atoms with Crippen molar-refractivity contribution in [2.24, 2.45) is 7.05 Å². The lowest BCUT2D eigenvalue weighted by Gasteiger charge is -2.20. The van der Waals surface area contributed by atoms with Gasteiger partial charge in [0.05, 0.1) is 19.1 Å². The van der Waals surface area contributed by atoms with E-state index in [4.69, 9.17) is 5.11 Å². The van der Waals surface area contributed by atoms with E-state index in [1.807, 2.05) is 0 Å². The van der Waals surface area contributed by atoms with E-state index in [2.05, 4.69) is 10.3 Å². The van der Waals surface area contributed by atoms with Gasteiger partial charge in [-0.3, -0.25) is 4.79 Å². The summed E-state index contributed by atoms with van der Waals surface area (Å²) < 4.78 is 1.57. The highest BCUT2D eigenvalue weighted by molar-refractivity contribution is 5.92. The molecule has 6 heteroatoms. The Balaban J connectivity index is 2.55. The van der Waals surface area contributed by atoms with Crippen molar-refractivity contribution in [3.8, 4) is 0 Å². The van der Waals surface area contributed by atoms with Crippen LogP contribution in [0, 0.1) is 0 Å². The van der Waals surface area contributed by atoms with E-state index in [-0.39, 0.29) is 12.5 Å². The normalized spacial score (nSPS) is 14.7. The monoisotopic (exact) mass is 213 g/mol. The molecule has 0 aliphatic carbocycles. The molecule has 0 saturated heterocycles. The van der Waals surface area contributed by atoms with Gasteiger partial charge in [-0.1, -0.05) is 0 Å². The van der Waals surface area contributed by atoms with Crippen LogP contribution in [0.4, 0.5) is 0 Å². The number of aliphatic hydroxyl groups excluding tert-OH is 1. The highest BCUT2D eigenvalue weighted by Gasteiger charge is 2.20. The Bertz CT molecular complexity index is 346. The summed E-state index contributed by atoms with van der Waals surface area (Å²) in [6, 6.07) is 0. The second-order valence-electron chi connectivity index (χ2n) is 3.73. The first-order valence-electron chi connectivity index (χ1n) is 4.54. The summed E-state index contributed by atoms with van der Waals surface area (Å²) in [6.07, 6.45) is 2.95. The Morgan fingerprint density at radius 3 is 2.87 bits per heavy atom. The second kappa shape index (κ2) is 4.41. The van der Waals surface area contributed by atoms with Gasteiger partial charge in [-0.25, -0.2) is 4.98 Å². The molecule has 1 aromatic heterocycles. The maximum absolute atomic E-state index is 11.5. The molecule has 0 bridgehead atoms. The predicted octanol–water partition coefficient (Wildman–Crippen LogP) is -1.11. The number of aliphatic hydroxyl groups is 2. The summed E-state index contributed by atoms with van der Waals surface area (Å²) in [5, 5.41) is 20.7. The van der Waals surface area contributed by atoms with Crippen molar-refractivity contribution in [2.45, 2.75) is 12.5 Å². The van der Waals surface area contributed by atoms with Crippen molar-refractivity contribution in [3.63, 3.8) is 0 Å².